The number of para-hydroxylation sites is 1. The first-order chi connectivity index (χ1) is 8.58. The van der Waals surface area contributed by atoms with Crippen molar-refractivity contribution in [3.8, 4) is 0 Å². The highest BCUT2D eigenvalue weighted by molar-refractivity contribution is 5.89. The number of nitrogens with one attached hydrogen (secondary N) is 1. The Morgan fingerprint density at radius 3 is 2.94 bits per heavy atom. The topological polar surface area (TPSA) is 58.6 Å². The predicted octanol–water partition coefficient (Wildman–Crippen LogP) is 1.29. The standard InChI is InChI=1S/C12H13FN2O3/c1-8(16)14-6-9-7-15(12(17)18-9)11-5-3-2-4-10(11)13/h2-5,9H,6-7H2,1H3,(H,14,16)/t9-/m0/s1. The minimum atomic E-state index is -0.601. The molecule has 1 aromatic rings. The van der Waals surface area contributed by atoms with Crippen LogP contribution >= 0.6 is 0 Å². The summed E-state index contributed by atoms with van der Waals surface area (Å²) in [6, 6.07) is 5.99. The highest BCUT2D eigenvalue weighted by Crippen LogP contribution is 2.23. The van der Waals surface area contributed by atoms with Crippen molar-refractivity contribution in [1.82, 2.24) is 5.32 Å². The van der Waals surface area contributed by atoms with Crippen molar-refractivity contribution in [3.05, 3.63) is 30.1 Å². The van der Waals surface area contributed by atoms with E-state index in [-0.39, 0.29) is 24.7 Å². The van der Waals surface area contributed by atoms with Gasteiger partial charge in [0.15, 0.2) is 0 Å². The van der Waals surface area contributed by atoms with Gasteiger partial charge in [-0.15, -0.1) is 0 Å². The van der Waals surface area contributed by atoms with Crippen LogP contribution in [0.4, 0.5) is 14.9 Å². The molecule has 1 heterocycles. The maximum absolute atomic E-state index is 13.5. The third-order valence-corrected chi connectivity index (χ3v) is 2.60. The third-order valence-electron chi connectivity index (χ3n) is 2.60. The van der Waals surface area contributed by atoms with Gasteiger partial charge in [0.2, 0.25) is 5.91 Å². The summed E-state index contributed by atoms with van der Waals surface area (Å²) in [4.78, 5) is 23.6. The first-order valence-corrected chi connectivity index (χ1v) is 5.55. The van der Waals surface area contributed by atoms with E-state index in [0.29, 0.717) is 0 Å². The first-order valence-electron chi connectivity index (χ1n) is 5.55. The lowest BCUT2D eigenvalue weighted by atomic mass is 10.2. The van der Waals surface area contributed by atoms with E-state index in [2.05, 4.69) is 5.32 Å². The fourth-order valence-corrected chi connectivity index (χ4v) is 1.75. The Morgan fingerprint density at radius 2 is 2.28 bits per heavy atom. The second-order valence-corrected chi connectivity index (χ2v) is 4.00. The van der Waals surface area contributed by atoms with Gasteiger partial charge in [-0.05, 0) is 12.1 Å². The lowest BCUT2D eigenvalue weighted by Crippen LogP contribution is -2.33. The molecule has 0 spiro atoms. The van der Waals surface area contributed by atoms with E-state index in [9.17, 15) is 14.0 Å². The van der Waals surface area contributed by atoms with Crippen LogP contribution in [0.5, 0.6) is 0 Å². The zero-order valence-corrected chi connectivity index (χ0v) is 9.85. The zero-order chi connectivity index (χ0) is 13.1. The Morgan fingerprint density at radius 1 is 1.56 bits per heavy atom. The number of rotatable bonds is 3. The van der Waals surface area contributed by atoms with E-state index in [1.165, 1.54) is 24.0 Å². The Balaban J connectivity index is 2.06. The summed E-state index contributed by atoms with van der Waals surface area (Å²) in [5.41, 5.74) is 0.188. The molecule has 0 radical (unpaired) electrons. The molecule has 96 valence electrons. The van der Waals surface area contributed by atoms with Crippen LogP contribution in [0.15, 0.2) is 24.3 Å². The molecule has 5 nitrogen and oxygen atoms in total. The number of hydrogen-bond donors (Lipinski definition) is 1. The average Bonchev–Trinajstić information content (AvgIpc) is 2.69. The van der Waals surface area contributed by atoms with Gasteiger partial charge in [0, 0.05) is 6.92 Å². The van der Waals surface area contributed by atoms with E-state index in [1.807, 2.05) is 0 Å². The Hall–Kier alpha value is -2.11. The summed E-state index contributed by atoms with van der Waals surface area (Å²) in [5.74, 6) is -0.676. The fourth-order valence-electron chi connectivity index (χ4n) is 1.75. The number of anilines is 1. The summed E-state index contributed by atoms with van der Waals surface area (Å²) in [7, 11) is 0. The van der Waals surface area contributed by atoms with Crippen LogP contribution in [0.2, 0.25) is 0 Å². The molecular formula is C12H13FN2O3. The van der Waals surface area contributed by atoms with Gasteiger partial charge in [-0.3, -0.25) is 9.69 Å². The average molecular weight is 252 g/mol. The molecule has 0 bridgehead atoms. The minimum absolute atomic E-state index is 0.188. The molecule has 1 N–H and O–H groups in total. The van der Waals surface area contributed by atoms with Crippen molar-refractivity contribution in [2.24, 2.45) is 0 Å². The number of cyclic esters (lactones) is 1. The van der Waals surface area contributed by atoms with Crippen molar-refractivity contribution < 1.29 is 18.7 Å². The van der Waals surface area contributed by atoms with Gasteiger partial charge in [-0.1, -0.05) is 12.1 Å². The lowest BCUT2D eigenvalue weighted by Gasteiger charge is -2.13. The molecule has 18 heavy (non-hydrogen) atoms. The number of carbonyl (C=O) groups is 2. The molecule has 1 aliphatic rings. The molecule has 1 aromatic carbocycles. The molecule has 0 unspecified atom stereocenters. The highest BCUT2D eigenvalue weighted by atomic mass is 19.1. The second kappa shape index (κ2) is 5.03. The van der Waals surface area contributed by atoms with Gasteiger partial charge in [0.05, 0.1) is 18.8 Å². The van der Waals surface area contributed by atoms with Crippen molar-refractivity contribution in [1.29, 1.82) is 0 Å². The van der Waals surface area contributed by atoms with Crippen molar-refractivity contribution in [2.75, 3.05) is 18.0 Å². The highest BCUT2D eigenvalue weighted by Gasteiger charge is 2.33. The number of benzene rings is 1. The molecule has 1 saturated heterocycles. The molecule has 1 atom stereocenters. The molecule has 0 aromatic heterocycles. The molecular weight excluding hydrogens is 239 g/mol. The van der Waals surface area contributed by atoms with E-state index >= 15 is 0 Å². The molecule has 1 aliphatic heterocycles. The van der Waals surface area contributed by atoms with Crippen LogP contribution in [0.3, 0.4) is 0 Å². The third kappa shape index (κ3) is 2.58. The maximum Gasteiger partial charge on any atom is 0.414 e. The van der Waals surface area contributed by atoms with Gasteiger partial charge in [-0.25, -0.2) is 9.18 Å². The summed E-state index contributed by atoms with van der Waals surface area (Å²) in [6.07, 6.45) is -1.06. The minimum Gasteiger partial charge on any atom is -0.442 e. The van der Waals surface area contributed by atoms with Crippen molar-refractivity contribution in [3.63, 3.8) is 0 Å². The van der Waals surface area contributed by atoms with E-state index in [0.717, 1.165) is 0 Å². The predicted molar refractivity (Wildman–Crippen MR) is 62.7 cm³/mol. The first kappa shape index (κ1) is 12.3. The quantitative estimate of drug-likeness (QED) is 0.881. The number of amides is 2. The largest absolute Gasteiger partial charge is 0.442 e. The van der Waals surface area contributed by atoms with Crippen LogP contribution in [0.1, 0.15) is 6.92 Å². The van der Waals surface area contributed by atoms with Gasteiger partial charge in [0.25, 0.3) is 0 Å². The SMILES string of the molecule is CC(=O)NC[C@H]1CN(c2ccccc2F)C(=O)O1. The van der Waals surface area contributed by atoms with Gasteiger partial charge in [-0.2, -0.15) is 0 Å². The maximum atomic E-state index is 13.5. The summed E-state index contributed by atoms with van der Waals surface area (Å²) >= 11 is 0. The lowest BCUT2D eigenvalue weighted by molar-refractivity contribution is -0.119. The van der Waals surface area contributed by atoms with Gasteiger partial charge < -0.3 is 10.1 Å². The monoisotopic (exact) mass is 252 g/mol. The van der Waals surface area contributed by atoms with Crippen LogP contribution < -0.4 is 10.2 Å². The summed E-state index contributed by atoms with van der Waals surface area (Å²) < 4.78 is 18.6. The summed E-state index contributed by atoms with van der Waals surface area (Å²) in [5, 5.41) is 2.56. The van der Waals surface area contributed by atoms with Crippen molar-refractivity contribution in [2.45, 2.75) is 13.0 Å². The normalized spacial score (nSPS) is 18.7. The van der Waals surface area contributed by atoms with Crippen LogP contribution in [-0.4, -0.2) is 31.2 Å². The van der Waals surface area contributed by atoms with Gasteiger partial charge in [0.1, 0.15) is 11.9 Å². The van der Waals surface area contributed by atoms with Crippen LogP contribution in [0.25, 0.3) is 0 Å². The van der Waals surface area contributed by atoms with Crippen LogP contribution in [0, 0.1) is 5.82 Å². The van der Waals surface area contributed by atoms with E-state index in [4.69, 9.17) is 4.74 Å². The number of hydrogen-bond acceptors (Lipinski definition) is 3. The molecule has 2 amide bonds. The number of carbonyl (C=O) groups excluding carboxylic acids is 2. The molecule has 0 saturated carbocycles. The number of nitrogens with zero attached hydrogens (tertiary/aromatic N) is 1. The second-order valence-electron chi connectivity index (χ2n) is 4.00. The van der Waals surface area contributed by atoms with Crippen molar-refractivity contribution >= 4 is 17.7 Å². The molecule has 2 rings (SSSR count). The zero-order valence-electron chi connectivity index (χ0n) is 9.85. The molecule has 0 aliphatic carbocycles. The van der Waals surface area contributed by atoms with E-state index in [1.54, 1.807) is 12.1 Å². The number of ether oxygens (including phenoxy) is 1. The van der Waals surface area contributed by atoms with Crippen LogP contribution in [-0.2, 0) is 9.53 Å². The Labute approximate surface area is 104 Å². The summed E-state index contributed by atoms with van der Waals surface area (Å²) in [6.45, 7) is 1.83. The fraction of sp³-hybridized carbons (Fsp3) is 0.333. The smallest absolute Gasteiger partial charge is 0.414 e. The molecule has 6 heteroatoms. The Bertz CT molecular complexity index is 478. The van der Waals surface area contributed by atoms with E-state index < -0.39 is 18.0 Å². The Kier molecular flexibility index (Phi) is 3.45. The number of halogens is 1. The van der Waals surface area contributed by atoms with Gasteiger partial charge >= 0.3 is 6.09 Å². The molecule has 1 fully saturated rings.